The molecule has 0 fully saturated rings. The Morgan fingerprint density at radius 1 is 1.21 bits per heavy atom. The summed E-state index contributed by atoms with van der Waals surface area (Å²) in [5, 5.41) is 5.61. The molecule has 3 rings (SSSR count). The van der Waals surface area contributed by atoms with E-state index in [2.05, 4.69) is 22.8 Å². The average molecular weight is 310 g/mol. The molecule has 0 saturated heterocycles. The first kappa shape index (κ1) is 12.9. The molecule has 0 bridgehead atoms. The summed E-state index contributed by atoms with van der Waals surface area (Å²) >= 11 is 9.35. The molecule has 2 nitrogen and oxygen atoms in total. The molecule has 0 amide bonds. The van der Waals surface area contributed by atoms with Crippen LogP contribution >= 0.6 is 34.3 Å². The van der Waals surface area contributed by atoms with Gasteiger partial charge in [0.25, 0.3) is 0 Å². The summed E-state index contributed by atoms with van der Waals surface area (Å²) in [4.78, 5) is 2.47. The number of rotatable bonds is 5. The SMILES string of the molecule is Clc1ccc(C(NCc2cccs2)c2ccco2)s1. The molecule has 3 aromatic heterocycles. The van der Waals surface area contributed by atoms with Crippen LogP contribution in [-0.2, 0) is 6.54 Å². The van der Waals surface area contributed by atoms with Gasteiger partial charge in [0.1, 0.15) is 11.8 Å². The second-order valence-electron chi connectivity index (χ2n) is 4.05. The summed E-state index contributed by atoms with van der Waals surface area (Å²) in [5.74, 6) is 0.912. The fourth-order valence-electron chi connectivity index (χ4n) is 1.90. The molecule has 0 radical (unpaired) electrons. The van der Waals surface area contributed by atoms with Crippen molar-refractivity contribution in [1.29, 1.82) is 0 Å². The molecule has 3 heterocycles. The van der Waals surface area contributed by atoms with E-state index in [1.807, 2.05) is 24.3 Å². The Balaban J connectivity index is 1.80. The molecule has 1 N–H and O–H groups in total. The van der Waals surface area contributed by atoms with Crippen LogP contribution in [0.1, 0.15) is 21.6 Å². The fraction of sp³-hybridized carbons (Fsp3) is 0.143. The van der Waals surface area contributed by atoms with Crippen LogP contribution in [0, 0.1) is 0 Å². The van der Waals surface area contributed by atoms with Gasteiger partial charge in [0.05, 0.1) is 10.6 Å². The van der Waals surface area contributed by atoms with E-state index >= 15 is 0 Å². The van der Waals surface area contributed by atoms with Gasteiger partial charge in [-0.3, -0.25) is 5.32 Å². The number of halogens is 1. The summed E-state index contributed by atoms with van der Waals surface area (Å²) in [7, 11) is 0. The zero-order chi connectivity index (χ0) is 13.1. The van der Waals surface area contributed by atoms with Crippen molar-refractivity contribution in [3.8, 4) is 0 Å². The number of hydrogen-bond donors (Lipinski definition) is 1. The molecule has 1 unspecified atom stereocenters. The molecule has 3 aromatic rings. The number of hydrogen-bond acceptors (Lipinski definition) is 4. The van der Waals surface area contributed by atoms with Crippen LogP contribution in [0.4, 0.5) is 0 Å². The van der Waals surface area contributed by atoms with Crippen LogP contribution < -0.4 is 5.32 Å². The van der Waals surface area contributed by atoms with Crippen molar-refractivity contribution in [3.05, 3.63) is 67.9 Å². The smallest absolute Gasteiger partial charge is 0.126 e. The Labute approximate surface area is 124 Å². The van der Waals surface area contributed by atoms with Crippen LogP contribution in [0.5, 0.6) is 0 Å². The third-order valence-corrected chi connectivity index (χ3v) is 4.94. The minimum absolute atomic E-state index is 0.0506. The van der Waals surface area contributed by atoms with Gasteiger partial charge in [-0.2, -0.15) is 0 Å². The second kappa shape index (κ2) is 5.92. The molecule has 0 aliphatic carbocycles. The van der Waals surface area contributed by atoms with Gasteiger partial charge in [0.2, 0.25) is 0 Å². The highest BCUT2D eigenvalue weighted by Gasteiger charge is 2.18. The predicted octanol–water partition coefficient (Wildman–Crippen LogP) is 4.94. The van der Waals surface area contributed by atoms with Crippen molar-refractivity contribution in [2.45, 2.75) is 12.6 Å². The molecule has 0 spiro atoms. The van der Waals surface area contributed by atoms with Crippen molar-refractivity contribution in [1.82, 2.24) is 5.32 Å². The molecule has 0 aliphatic heterocycles. The third-order valence-electron chi connectivity index (χ3n) is 2.77. The monoisotopic (exact) mass is 309 g/mol. The molecule has 0 aliphatic rings. The van der Waals surface area contributed by atoms with E-state index < -0.39 is 0 Å². The quantitative estimate of drug-likeness (QED) is 0.722. The lowest BCUT2D eigenvalue weighted by Gasteiger charge is -2.14. The summed E-state index contributed by atoms with van der Waals surface area (Å²) in [6.07, 6.45) is 1.70. The summed E-state index contributed by atoms with van der Waals surface area (Å²) in [5.41, 5.74) is 0. The summed E-state index contributed by atoms with van der Waals surface area (Å²) in [6, 6.07) is 12.1. The van der Waals surface area contributed by atoms with Gasteiger partial charge in [-0.25, -0.2) is 0 Å². The van der Waals surface area contributed by atoms with Gasteiger partial charge < -0.3 is 4.42 Å². The summed E-state index contributed by atoms with van der Waals surface area (Å²) < 4.78 is 6.33. The minimum atomic E-state index is 0.0506. The maximum Gasteiger partial charge on any atom is 0.126 e. The van der Waals surface area contributed by atoms with E-state index in [9.17, 15) is 0 Å². The summed E-state index contributed by atoms with van der Waals surface area (Å²) in [6.45, 7) is 0.818. The van der Waals surface area contributed by atoms with Gasteiger partial charge >= 0.3 is 0 Å². The van der Waals surface area contributed by atoms with E-state index in [1.165, 1.54) is 4.88 Å². The maximum atomic E-state index is 6.03. The van der Waals surface area contributed by atoms with Crippen molar-refractivity contribution in [2.24, 2.45) is 0 Å². The van der Waals surface area contributed by atoms with Gasteiger partial charge in [0.15, 0.2) is 0 Å². The largest absolute Gasteiger partial charge is 0.467 e. The van der Waals surface area contributed by atoms with Crippen LogP contribution in [0.15, 0.2) is 52.5 Å². The minimum Gasteiger partial charge on any atom is -0.467 e. The molecule has 19 heavy (non-hydrogen) atoms. The zero-order valence-electron chi connectivity index (χ0n) is 10.0. The second-order valence-corrected chi connectivity index (χ2v) is 6.83. The van der Waals surface area contributed by atoms with Crippen molar-refractivity contribution in [2.75, 3.05) is 0 Å². The lowest BCUT2D eigenvalue weighted by molar-refractivity contribution is 0.450. The highest BCUT2D eigenvalue weighted by Crippen LogP contribution is 2.31. The van der Waals surface area contributed by atoms with Gasteiger partial charge in [-0.1, -0.05) is 17.7 Å². The Morgan fingerprint density at radius 2 is 2.16 bits per heavy atom. The number of furan rings is 1. The number of nitrogens with one attached hydrogen (secondary N) is 1. The number of thiophene rings is 2. The molecule has 0 aromatic carbocycles. The predicted molar refractivity (Wildman–Crippen MR) is 81.0 cm³/mol. The van der Waals surface area contributed by atoms with Crippen LogP contribution in [-0.4, -0.2) is 0 Å². The van der Waals surface area contributed by atoms with Gasteiger partial charge in [-0.05, 0) is 35.7 Å². The maximum absolute atomic E-state index is 6.03. The van der Waals surface area contributed by atoms with Gasteiger partial charge in [0, 0.05) is 16.3 Å². The van der Waals surface area contributed by atoms with Crippen molar-refractivity contribution < 1.29 is 4.42 Å². The van der Waals surface area contributed by atoms with E-state index in [0.717, 1.165) is 21.5 Å². The van der Waals surface area contributed by atoms with E-state index in [1.54, 1.807) is 28.9 Å². The first-order chi connectivity index (χ1) is 9.33. The lowest BCUT2D eigenvalue weighted by Crippen LogP contribution is -2.20. The topological polar surface area (TPSA) is 25.2 Å². The zero-order valence-corrected chi connectivity index (χ0v) is 12.4. The Hall–Kier alpha value is -1.07. The van der Waals surface area contributed by atoms with E-state index in [4.69, 9.17) is 16.0 Å². The lowest BCUT2D eigenvalue weighted by atomic mass is 10.2. The third kappa shape index (κ3) is 3.09. The van der Waals surface area contributed by atoms with Crippen molar-refractivity contribution in [3.63, 3.8) is 0 Å². The average Bonchev–Trinajstić information content (AvgIpc) is 3.11. The van der Waals surface area contributed by atoms with E-state index in [0.29, 0.717) is 0 Å². The fourth-order valence-corrected chi connectivity index (χ4v) is 3.70. The van der Waals surface area contributed by atoms with Crippen LogP contribution in [0.2, 0.25) is 4.34 Å². The molecular formula is C14H12ClNOS2. The highest BCUT2D eigenvalue weighted by atomic mass is 35.5. The Kier molecular flexibility index (Phi) is 4.03. The molecular weight excluding hydrogens is 298 g/mol. The molecule has 1 atom stereocenters. The van der Waals surface area contributed by atoms with Crippen molar-refractivity contribution >= 4 is 34.3 Å². The standard InChI is InChI=1S/C14H12ClNOS2/c15-13-6-5-12(19-13)14(11-4-1-7-17-11)16-9-10-3-2-8-18-10/h1-8,14,16H,9H2. The molecule has 5 heteroatoms. The normalized spacial score (nSPS) is 12.7. The highest BCUT2D eigenvalue weighted by molar-refractivity contribution is 7.16. The van der Waals surface area contributed by atoms with Crippen LogP contribution in [0.25, 0.3) is 0 Å². The molecule has 0 saturated carbocycles. The Morgan fingerprint density at radius 3 is 2.79 bits per heavy atom. The van der Waals surface area contributed by atoms with Crippen LogP contribution in [0.3, 0.4) is 0 Å². The Bertz CT molecular complexity index is 616. The first-order valence-corrected chi connectivity index (χ1v) is 7.95. The molecule has 98 valence electrons. The van der Waals surface area contributed by atoms with E-state index in [-0.39, 0.29) is 6.04 Å². The first-order valence-electron chi connectivity index (χ1n) is 5.87. The van der Waals surface area contributed by atoms with Gasteiger partial charge in [-0.15, -0.1) is 22.7 Å².